The van der Waals surface area contributed by atoms with E-state index in [1.54, 1.807) is 43.6 Å². The maximum absolute atomic E-state index is 12.1. The number of nitrogens with zero attached hydrogens (tertiary/aromatic N) is 1. The maximum atomic E-state index is 12.1. The van der Waals surface area contributed by atoms with Crippen molar-refractivity contribution < 1.29 is 4.79 Å². The Bertz CT molecular complexity index is 613. The second-order valence-electron chi connectivity index (χ2n) is 4.05. The molecule has 0 aliphatic rings. The number of amides is 1. The summed E-state index contributed by atoms with van der Waals surface area (Å²) in [5.74, 6) is -0.262. The molecule has 2 N–H and O–H groups in total. The summed E-state index contributed by atoms with van der Waals surface area (Å²) >= 11 is 6.01. The Kier molecular flexibility index (Phi) is 4.02. The van der Waals surface area contributed by atoms with E-state index >= 15 is 0 Å². The molecule has 0 radical (unpaired) electrons. The van der Waals surface area contributed by atoms with Crippen molar-refractivity contribution in [3.8, 4) is 0 Å². The third-order valence-corrected chi connectivity index (χ3v) is 3.21. The van der Waals surface area contributed by atoms with Crippen molar-refractivity contribution in [2.24, 2.45) is 0 Å². The summed E-state index contributed by atoms with van der Waals surface area (Å²) in [7, 11) is 1.79. The van der Waals surface area contributed by atoms with Crippen molar-refractivity contribution in [1.82, 2.24) is 4.98 Å². The van der Waals surface area contributed by atoms with Gasteiger partial charge in [-0.25, -0.2) is 0 Å². The molecule has 4 nitrogen and oxygen atoms in total. The van der Waals surface area contributed by atoms with E-state index in [9.17, 15) is 4.79 Å². The highest BCUT2D eigenvalue weighted by molar-refractivity contribution is 6.31. The van der Waals surface area contributed by atoms with E-state index < -0.39 is 0 Å². The largest absolute Gasteiger partial charge is 0.388 e. The molecular formula is C14H14ClN3O. The highest BCUT2D eigenvalue weighted by Gasteiger charge is 2.10. The van der Waals surface area contributed by atoms with Gasteiger partial charge in [0.15, 0.2) is 0 Å². The summed E-state index contributed by atoms with van der Waals surface area (Å²) in [5.41, 5.74) is 2.71. The number of carbonyl (C=O) groups is 1. The van der Waals surface area contributed by atoms with Gasteiger partial charge in [0, 0.05) is 29.6 Å². The Hall–Kier alpha value is -2.07. The van der Waals surface area contributed by atoms with Gasteiger partial charge in [-0.3, -0.25) is 9.78 Å². The van der Waals surface area contributed by atoms with Crippen molar-refractivity contribution in [1.29, 1.82) is 0 Å². The number of aromatic nitrogens is 1. The highest BCUT2D eigenvalue weighted by atomic mass is 35.5. The molecule has 0 unspecified atom stereocenters. The van der Waals surface area contributed by atoms with E-state index in [-0.39, 0.29) is 5.91 Å². The number of rotatable bonds is 3. The topological polar surface area (TPSA) is 54.0 Å². The Balaban J connectivity index is 2.23. The smallest absolute Gasteiger partial charge is 0.274 e. The zero-order valence-electron chi connectivity index (χ0n) is 10.7. The molecule has 0 aliphatic carbocycles. The Labute approximate surface area is 116 Å². The predicted octanol–water partition coefficient (Wildman–Crippen LogP) is 3.34. The molecule has 19 heavy (non-hydrogen) atoms. The molecule has 1 aromatic carbocycles. The van der Waals surface area contributed by atoms with Crippen LogP contribution < -0.4 is 10.6 Å². The summed E-state index contributed by atoms with van der Waals surface area (Å²) in [6.45, 7) is 1.86. The SMILES string of the molecule is CNc1ccnc(C(=O)Nc2cccc(Cl)c2C)c1. The number of benzene rings is 1. The zero-order valence-corrected chi connectivity index (χ0v) is 11.5. The molecule has 2 rings (SSSR count). The van der Waals surface area contributed by atoms with Gasteiger partial charge < -0.3 is 10.6 Å². The van der Waals surface area contributed by atoms with Crippen molar-refractivity contribution in [3.05, 3.63) is 52.8 Å². The monoisotopic (exact) mass is 275 g/mol. The normalized spacial score (nSPS) is 10.1. The number of carbonyl (C=O) groups excluding carboxylic acids is 1. The van der Waals surface area contributed by atoms with E-state index in [2.05, 4.69) is 15.6 Å². The van der Waals surface area contributed by atoms with Crippen molar-refractivity contribution in [3.63, 3.8) is 0 Å². The Morgan fingerprint density at radius 1 is 1.32 bits per heavy atom. The number of halogens is 1. The summed E-state index contributed by atoms with van der Waals surface area (Å²) < 4.78 is 0. The minimum Gasteiger partial charge on any atom is -0.388 e. The molecule has 0 bridgehead atoms. The zero-order chi connectivity index (χ0) is 13.8. The molecule has 1 heterocycles. The van der Waals surface area contributed by atoms with E-state index in [0.717, 1.165) is 11.3 Å². The van der Waals surface area contributed by atoms with Crippen LogP contribution in [0.2, 0.25) is 5.02 Å². The second kappa shape index (κ2) is 5.71. The van der Waals surface area contributed by atoms with Gasteiger partial charge >= 0.3 is 0 Å². The lowest BCUT2D eigenvalue weighted by Crippen LogP contribution is -2.14. The van der Waals surface area contributed by atoms with E-state index in [4.69, 9.17) is 11.6 Å². The molecule has 5 heteroatoms. The Morgan fingerprint density at radius 2 is 2.11 bits per heavy atom. The van der Waals surface area contributed by atoms with Gasteiger partial charge in [-0.05, 0) is 36.8 Å². The summed E-state index contributed by atoms with van der Waals surface area (Å²) in [5, 5.41) is 6.39. The van der Waals surface area contributed by atoms with Crippen molar-refractivity contribution >= 4 is 28.9 Å². The lowest BCUT2D eigenvalue weighted by Gasteiger charge is -2.09. The van der Waals surface area contributed by atoms with Crippen LogP contribution in [0.1, 0.15) is 16.1 Å². The van der Waals surface area contributed by atoms with E-state index in [0.29, 0.717) is 16.4 Å². The van der Waals surface area contributed by atoms with Gasteiger partial charge in [-0.1, -0.05) is 17.7 Å². The Morgan fingerprint density at radius 3 is 2.84 bits per heavy atom. The fourth-order valence-corrected chi connectivity index (χ4v) is 1.81. The van der Waals surface area contributed by atoms with Crippen LogP contribution in [0.3, 0.4) is 0 Å². The van der Waals surface area contributed by atoms with Crippen LogP contribution in [0.25, 0.3) is 0 Å². The molecule has 0 spiro atoms. The highest BCUT2D eigenvalue weighted by Crippen LogP contribution is 2.23. The maximum Gasteiger partial charge on any atom is 0.274 e. The van der Waals surface area contributed by atoms with Crippen LogP contribution in [0.5, 0.6) is 0 Å². The van der Waals surface area contributed by atoms with E-state index in [1.165, 1.54) is 0 Å². The molecule has 1 aromatic heterocycles. The third-order valence-electron chi connectivity index (χ3n) is 2.80. The lowest BCUT2D eigenvalue weighted by molar-refractivity contribution is 0.102. The quantitative estimate of drug-likeness (QED) is 0.903. The van der Waals surface area contributed by atoms with Crippen LogP contribution in [0.15, 0.2) is 36.5 Å². The third kappa shape index (κ3) is 3.03. The van der Waals surface area contributed by atoms with Crippen LogP contribution >= 0.6 is 11.6 Å². The fourth-order valence-electron chi connectivity index (χ4n) is 1.64. The average molecular weight is 276 g/mol. The number of nitrogens with one attached hydrogen (secondary N) is 2. The molecule has 1 amide bonds. The first-order valence-electron chi connectivity index (χ1n) is 5.82. The van der Waals surface area contributed by atoms with E-state index in [1.807, 2.05) is 6.92 Å². The van der Waals surface area contributed by atoms with Gasteiger partial charge in [0.1, 0.15) is 5.69 Å². The standard InChI is InChI=1S/C14H14ClN3O/c1-9-11(15)4-3-5-12(9)18-14(19)13-8-10(16-2)6-7-17-13/h3-8H,1-2H3,(H,16,17)(H,18,19). The number of hydrogen-bond acceptors (Lipinski definition) is 3. The molecule has 0 atom stereocenters. The molecule has 98 valence electrons. The minimum absolute atomic E-state index is 0.262. The number of pyridine rings is 1. The predicted molar refractivity (Wildman–Crippen MR) is 77.9 cm³/mol. The summed E-state index contributed by atoms with van der Waals surface area (Å²) in [6.07, 6.45) is 1.59. The van der Waals surface area contributed by atoms with Crippen molar-refractivity contribution in [2.75, 3.05) is 17.7 Å². The van der Waals surface area contributed by atoms with Crippen molar-refractivity contribution in [2.45, 2.75) is 6.92 Å². The van der Waals surface area contributed by atoms with Crippen LogP contribution in [0, 0.1) is 6.92 Å². The number of hydrogen-bond donors (Lipinski definition) is 2. The first kappa shape index (κ1) is 13.4. The fraction of sp³-hybridized carbons (Fsp3) is 0.143. The first-order valence-corrected chi connectivity index (χ1v) is 6.20. The van der Waals surface area contributed by atoms with Gasteiger partial charge in [0.2, 0.25) is 0 Å². The molecule has 0 fully saturated rings. The first-order chi connectivity index (χ1) is 9.11. The second-order valence-corrected chi connectivity index (χ2v) is 4.45. The summed E-state index contributed by atoms with van der Waals surface area (Å²) in [6, 6.07) is 8.87. The summed E-state index contributed by atoms with van der Waals surface area (Å²) in [4.78, 5) is 16.2. The lowest BCUT2D eigenvalue weighted by atomic mass is 10.2. The van der Waals surface area contributed by atoms with Crippen LogP contribution in [-0.4, -0.2) is 17.9 Å². The van der Waals surface area contributed by atoms with Crippen LogP contribution in [0.4, 0.5) is 11.4 Å². The molecule has 0 saturated carbocycles. The number of anilines is 2. The van der Waals surface area contributed by atoms with Gasteiger partial charge in [-0.2, -0.15) is 0 Å². The molecule has 0 saturated heterocycles. The van der Waals surface area contributed by atoms with Gasteiger partial charge in [0.25, 0.3) is 5.91 Å². The van der Waals surface area contributed by atoms with Crippen LogP contribution in [-0.2, 0) is 0 Å². The average Bonchev–Trinajstić information content (AvgIpc) is 2.44. The molecule has 2 aromatic rings. The van der Waals surface area contributed by atoms with Gasteiger partial charge in [0.05, 0.1) is 0 Å². The minimum atomic E-state index is -0.262. The molecular weight excluding hydrogens is 262 g/mol. The van der Waals surface area contributed by atoms with Gasteiger partial charge in [-0.15, -0.1) is 0 Å². The molecule has 0 aliphatic heterocycles.